The van der Waals surface area contributed by atoms with Crippen LogP contribution in [0, 0.1) is 0 Å². The summed E-state index contributed by atoms with van der Waals surface area (Å²) in [5.41, 5.74) is 1.66. The first-order valence-corrected chi connectivity index (χ1v) is 15.3. The summed E-state index contributed by atoms with van der Waals surface area (Å²) in [5, 5.41) is 4.17. The summed E-state index contributed by atoms with van der Waals surface area (Å²) in [6.07, 6.45) is 1.64. The average Bonchev–Trinajstić information content (AvgIpc) is 2.91. The van der Waals surface area contributed by atoms with Gasteiger partial charge in [0, 0.05) is 61.4 Å². The van der Waals surface area contributed by atoms with E-state index in [0.717, 1.165) is 47.1 Å². The number of hydrogen-bond donors (Lipinski definition) is 2. The zero-order valence-electron chi connectivity index (χ0n) is 22.4. The molecule has 2 unspecified atom stereocenters. The molecule has 39 heavy (non-hydrogen) atoms. The van der Waals surface area contributed by atoms with Gasteiger partial charge in [0.2, 0.25) is 0 Å². The van der Waals surface area contributed by atoms with E-state index >= 15 is 0 Å². The van der Waals surface area contributed by atoms with Crippen LogP contribution >= 0.6 is 23.5 Å². The van der Waals surface area contributed by atoms with E-state index in [1.807, 2.05) is 41.3 Å². The van der Waals surface area contributed by atoms with E-state index in [-0.39, 0.29) is 6.29 Å². The first-order valence-electron chi connectivity index (χ1n) is 12.7. The molecule has 0 bridgehead atoms. The van der Waals surface area contributed by atoms with Gasteiger partial charge in [-0.2, -0.15) is 0 Å². The van der Waals surface area contributed by atoms with Crippen molar-refractivity contribution in [2.45, 2.75) is 19.6 Å². The number of aromatic nitrogens is 2. The molecule has 0 amide bonds. The van der Waals surface area contributed by atoms with E-state index in [9.17, 15) is 9.46 Å². The predicted octanol–water partition coefficient (Wildman–Crippen LogP) is 4.68. The Morgan fingerprint density at radius 3 is 2.59 bits per heavy atom. The number of nitrogens with one attached hydrogen (secondary N) is 1. The largest absolute Gasteiger partial charge is 0.493 e. The van der Waals surface area contributed by atoms with E-state index in [1.54, 1.807) is 14.0 Å². The SMILES string of the molecule is COc1cc2c(Nc3cccc(Br)c3)ncnc2cc1OCCCN1CCN(CP(=O)(O)OC(C)OC)CC1. The number of fused-ring (bicyclic) bond motifs is 1. The fraction of sp³-hybridized carbons (Fsp3) is 0.462. The van der Waals surface area contributed by atoms with Gasteiger partial charge in [0.1, 0.15) is 18.4 Å². The third kappa shape index (κ3) is 8.59. The number of piperazine rings is 1. The quantitative estimate of drug-likeness (QED) is 0.157. The van der Waals surface area contributed by atoms with Crippen LogP contribution in [0.15, 0.2) is 47.2 Å². The Morgan fingerprint density at radius 1 is 1.10 bits per heavy atom. The van der Waals surface area contributed by atoms with E-state index in [4.69, 9.17) is 18.7 Å². The molecule has 0 radical (unpaired) electrons. The molecule has 1 saturated heterocycles. The third-order valence-electron chi connectivity index (χ3n) is 6.37. The van der Waals surface area contributed by atoms with Crippen molar-refractivity contribution >= 4 is 45.9 Å². The van der Waals surface area contributed by atoms with Gasteiger partial charge >= 0.3 is 7.60 Å². The summed E-state index contributed by atoms with van der Waals surface area (Å²) in [6.45, 7) is 6.00. The van der Waals surface area contributed by atoms with Crippen molar-refractivity contribution in [1.29, 1.82) is 0 Å². The molecule has 0 spiro atoms. The molecule has 4 rings (SSSR count). The number of anilines is 2. The standard InChI is InChI=1S/C26H35BrN5O6P/c1-19(35-2)38-39(33,34)18-32-11-9-31(10-12-32)8-5-13-37-25-16-23-22(15-24(25)36-3)26(29-17-28-23)30-21-7-4-6-20(27)14-21/h4,6-7,14-17,19H,5,8-13,18H2,1-3H3,(H,33,34)(H,28,29,30). The minimum absolute atomic E-state index is 0.00307. The topological polar surface area (TPSA) is 119 Å². The van der Waals surface area contributed by atoms with Gasteiger partial charge in [0.25, 0.3) is 0 Å². The summed E-state index contributed by atoms with van der Waals surface area (Å²) < 4.78 is 35.0. The van der Waals surface area contributed by atoms with Crippen LogP contribution < -0.4 is 14.8 Å². The highest BCUT2D eigenvalue weighted by molar-refractivity contribution is 9.10. The van der Waals surface area contributed by atoms with Crippen LogP contribution in [-0.4, -0.2) is 90.8 Å². The molecule has 1 aliphatic heterocycles. The minimum Gasteiger partial charge on any atom is -0.493 e. The van der Waals surface area contributed by atoms with Crippen molar-refractivity contribution < 1.29 is 28.2 Å². The van der Waals surface area contributed by atoms with Crippen LogP contribution in [0.25, 0.3) is 10.9 Å². The molecule has 2 atom stereocenters. The Kier molecular flexibility index (Phi) is 10.5. The molecule has 1 aliphatic rings. The highest BCUT2D eigenvalue weighted by Crippen LogP contribution is 2.44. The van der Waals surface area contributed by atoms with Gasteiger partial charge in [-0.3, -0.25) is 14.0 Å². The van der Waals surface area contributed by atoms with Crippen LogP contribution in [-0.2, 0) is 13.8 Å². The molecule has 13 heteroatoms. The van der Waals surface area contributed by atoms with Crippen LogP contribution in [0.5, 0.6) is 11.5 Å². The fourth-order valence-electron chi connectivity index (χ4n) is 4.32. The summed E-state index contributed by atoms with van der Waals surface area (Å²) in [4.78, 5) is 23.2. The summed E-state index contributed by atoms with van der Waals surface area (Å²) in [6, 6.07) is 11.6. The van der Waals surface area contributed by atoms with E-state index < -0.39 is 13.9 Å². The number of hydrogen-bond acceptors (Lipinski definition) is 10. The van der Waals surface area contributed by atoms with E-state index in [0.29, 0.717) is 37.0 Å². The molecule has 0 saturated carbocycles. The van der Waals surface area contributed by atoms with Gasteiger partial charge in [-0.1, -0.05) is 22.0 Å². The lowest BCUT2D eigenvalue weighted by molar-refractivity contribution is -0.0458. The highest BCUT2D eigenvalue weighted by Gasteiger charge is 2.28. The van der Waals surface area contributed by atoms with Crippen molar-refractivity contribution in [3.8, 4) is 11.5 Å². The van der Waals surface area contributed by atoms with Crippen molar-refractivity contribution in [2.24, 2.45) is 0 Å². The average molecular weight is 624 g/mol. The Hall–Kier alpha value is -2.31. The maximum atomic E-state index is 12.3. The van der Waals surface area contributed by atoms with Crippen LogP contribution in [0.4, 0.5) is 11.5 Å². The first-order chi connectivity index (χ1) is 18.8. The van der Waals surface area contributed by atoms with Crippen molar-refractivity contribution in [1.82, 2.24) is 19.8 Å². The third-order valence-corrected chi connectivity index (χ3v) is 8.25. The summed E-state index contributed by atoms with van der Waals surface area (Å²) in [7, 11) is -0.669. The highest BCUT2D eigenvalue weighted by atomic mass is 79.9. The number of rotatable bonds is 13. The Balaban J connectivity index is 1.28. The van der Waals surface area contributed by atoms with Gasteiger partial charge in [0.15, 0.2) is 17.8 Å². The van der Waals surface area contributed by atoms with Gasteiger partial charge in [-0.05, 0) is 37.6 Å². The van der Waals surface area contributed by atoms with Gasteiger partial charge in [0.05, 0.1) is 19.2 Å². The molecule has 1 fully saturated rings. The number of halogens is 1. The van der Waals surface area contributed by atoms with Gasteiger partial charge < -0.3 is 29.3 Å². The smallest absolute Gasteiger partial charge is 0.344 e. The van der Waals surface area contributed by atoms with Gasteiger partial charge in [-0.25, -0.2) is 9.97 Å². The second-order valence-electron chi connectivity index (χ2n) is 9.23. The molecule has 2 heterocycles. The van der Waals surface area contributed by atoms with E-state index in [1.165, 1.54) is 13.4 Å². The Bertz CT molecular complexity index is 1290. The van der Waals surface area contributed by atoms with Crippen molar-refractivity contribution in [3.05, 3.63) is 47.2 Å². The monoisotopic (exact) mass is 623 g/mol. The van der Waals surface area contributed by atoms with Gasteiger partial charge in [-0.15, -0.1) is 0 Å². The Labute approximate surface area is 237 Å². The van der Waals surface area contributed by atoms with Crippen LogP contribution in [0.2, 0.25) is 0 Å². The predicted molar refractivity (Wildman–Crippen MR) is 154 cm³/mol. The Morgan fingerprint density at radius 2 is 1.87 bits per heavy atom. The number of ether oxygens (including phenoxy) is 3. The van der Waals surface area contributed by atoms with E-state index in [2.05, 4.69) is 36.1 Å². The second-order valence-corrected chi connectivity index (χ2v) is 11.9. The molecule has 2 aromatic carbocycles. The molecule has 2 N–H and O–H groups in total. The molecular weight excluding hydrogens is 589 g/mol. The van der Waals surface area contributed by atoms with Crippen molar-refractivity contribution in [3.63, 3.8) is 0 Å². The van der Waals surface area contributed by atoms with Crippen LogP contribution in [0.3, 0.4) is 0 Å². The molecule has 3 aromatic rings. The first kappa shape index (κ1) is 29.7. The lowest BCUT2D eigenvalue weighted by Crippen LogP contribution is -2.47. The zero-order valence-corrected chi connectivity index (χ0v) is 24.9. The summed E-state index contributed by atoms with van der Waals surface area (Å²) >= 11 is 3.49. The summed E-state index contributed by atoms with van der Waals surface area (Å²) in [5.74, 6) is 1.92. The second kappa shape index (κ2) is 13.8. The molecule has 1 aromatic heterocycles. The lowest BCUT2D eigenvalue weighted by atomic mass is 10.2. The normalized spacial score (nSPS) is 17.1. The molecule has 212 valence electrons. The fourth-order valence-corrected chi connectivity index (χ4v) is 6.13. The maximum absolute atomic E-state index is 12.3. The lowest BCUT2D eigenvalue weighted by Gasteiger charge is -2.35. The maximum Gasteiger partial charge on any atom is 0.344 e. The number of benzene rings is 2. The molecule has 11 nitrogen and oxygen atoms in total. The zero-order chi connectivity index (χ0) is 27.8. The van der Waals surface area contributed by atoms with Crippen molar-refractivity contribution in [2.75, 3.05) is 65.2 Å². The minimum atomic E-state index is -3.73. The number of methoxy groups -OCH3 is 2. The molecular formula is C26H35BrN5O6P. The molecule has 0 aliphatic carbocycles. The number of nitrogens with zero attached hydrogens (tertiary/aromatic N) is 4. The van der Waals surface area contributed by atoms with Crippen LogP contribution in [0.1, 0.15) is 13.3 Å².